The predicted molar refractivity (Wildman–Crippen MR) is 51.9 cm³/mol. The molecule has 1 rings (SSSR count). The van der Waals surface area contributed by atoms with Crippen molar-refractivity contribution >= 4 is 29.0 Å². The van der Waals surface area contributed by atoms with Crippen LogP contribution in [0.25, 0.3) is 0 Å². The summed E-state index contributed by atoms with van der Waals surface area (Å²) in [5, 5.41) is 1.75. The smallest absolute Gasteiger partial charge is 0.228 e. The maximum absolute atomic E-state index is 12.4. The van der Waals surface area contributed by atoms with E-state index in [1.807, 2.05) is 0 Å². The lowest BCUT2D eigenvalue weighted by molar-refractivity contribution is -0.182. The maximum Gasteiger partial charge on any atom is 0.391 e. The van der Waals surface area contributed by atoms with Crippen LogP contribution in [0.4, 0.5) is 13.2 Å². The van der Waals surface area contributed by atoms with Crippen molar-refractivity contribution in [2.45, 2.75) is 36.9 Å². The normalized spacial score (nSPS) is 33.6. The summed E-state index contributed by atoms with van der Waals surface area (Å²) < 4.78 is 37.1. The Hall–Kier alpha value is -0.120. The van der Waals surface area contributed by atoms with Crippen LogP contribution in [0.15, 0.2) is 4.99 Å². The van der Waals surface area contributed by atoms with Crippen LogP contribution < -0.4 is 0 Å². The zero-order chi connectivity index (χ0) is 10.8. The molecular weight excluding hydrogens is 235 g/mol. The van der Waals surface area contributed by atoms with Crippen molar-refractivity contribution in [2.75, 3.05) is 0 Å². The standard InChI is InChI=1S/C8H9ClF3NS/c9-6-2-1-5(8(10,11)12)3-7(6)13-4-14/h5-7H,1-3H2. The molecule has 0 amide bonds. The number of isothiocyanates is 1. The average molecular weight is 244 g/mol. The van der Waals surface area contributed by atoms with Crippen molar-refractivity contribution in [3.05, 3.63) is 0 Å². The molecule has 1 aliphatic rings. The van der Waals surface area contributed by atoms with Crippen molar-refractivity contribution in [1.82, 2.24) is 0 Å². The fraction of sp³-hybridized carbons (Fsp3) is 0.875. The van der Waals surface area contributed by atoms with Crippen LogP contribution in [-0.2, 0) is 0 Å². The molecule has 1 aliphatic carbocycles. The van der Waals surface area contributed by atoms with Gasteiger partial charge in [-0.3, -0.25) is 0 Å². The van der Waals surface area contributed by atoms with Gasteiger partial charge in [-0.25, -0.2) is 4.99 Å². The highest BCUT2D eigenvalue weighted by Gasteiger charge is 2.44. The Morgan fingerprint density at radius 2 is 2.00 bits per heavy atom. The molecule has 3 atom stereocenters. The minimum absolute atomic E-state index is 0.0681. The predicted octanol–water partition coefficient (Wildman–Crippen LogP) is 3.43. The Bertz CT molecular complexity index is 249. The lowest BCUT2D eigenvalue weighted by atomic mass is 9.85. The van der Waals surface area contributed by atoms with Gasteiger partial charge in [-0.15, -0.1) is 11.6 Å². The molecular formula is C8H9ClF3NS. The first-order valence-corrected chi connectivity index (χ1v) is 5.07. The molecule has 0 heterocycles. The lowest BCUT2D eigenvalue weighted by Gasteiger charge is -2.31. The van der Waals surface area contributed by atoms with Gasteiger partial charge in [-0.1, -0.05) is 0 Å². The summed E-state index contributed by atoms with van der Waals surface area (Å²) in [6.45, 7) is 0. The highest BCUT2D eigenvalue weighted by molar-refractivity contribution is 7.78. The molecule has 0 radical (unpaired) electrons. The number of thiocarbonyl (C=S) groups is 1. The van der Waals surface area contributed by atoms with Crippen LogP contribution in [0, 0.1) is 5.92 Å². The largest absolute Gasteiger partial charge is 0.391 e. The number of hydrogen-bond acceptors (Lipinski definition) is 2. The van der Waals surface area contributed by atoms with E-state index in [1.54, 1.807) is 0 Å². The molecule has 1 fully saturated rings. The summed E-state index contributed by atoms with van der Waals surface area (Å²) >= 11 is 10.2. The molecule has 0 saturated heterocycles. The molecule has 0 aromatic rings. The second-order valence-corrected chi connectivity index (χ2v) is 4.10. The van der Waals surface area contributed by atoms with Crippen molar-refractivity contribution in [3.63, 3.8) is 0 Å². The Balaban J connectivity index is 2.66. The summed E-state index contributed by atoms with van der Waals surface area (Å²) in [7, 11) is 0. The zero-order valence-electron chi connectivity index (χ0n) is 7.22. The number of rotatable bonds is 1. The third kappa shape index (κ3) is 2.94. The summed E-state index contributed by atoms with van der Waals surface area (Å²) in [5.74, 6) is -1.30. The topological polar surface area (TPSA) is 12.4 Å². The van der Waals surface area contributed by atoms with Crippen molar-refractivity contribution < 1.29 is 13.2 Å². The van der Waals surface area contributed by atoms with Crippen molar-refractivity contribution in [3.8, 4) is 0 Å². The molecule has 3 unspecified atom stereocenters. The fourth-order valence-corrected chi connectivity index (χ4v) is 2.03. The van der Waals surface area contributed by atoms with E-state index in [9.17, 15) is 13.2 Å². The van der Waals surface area contributed by atoms with Crippen LogP contribution in [-0.4, -0.2) is 22.8 Å². The fourth-order valence-electron chi connectivity index (χ4n) is 1.61. The van der Waals surface area contributed by atoms with Gasteiger partial charge in [0.2, 0.25) is 0 Å². The molecule has 1 saturated carbocycles. The second-order valence-electron chi connectivity index (χ2n) is 3.36. The van der Waals surface area contributed by atoms with E-state index in [1.165, 1.54) is 0 Å². The average Bonchev–Trinajstić information content (AvgIpc) is 2.07. The number of nitrogens with zero attached hydrogens (tertiary/aromatic N) is 1. The van der Waals surface area contributed by atoms with Crippen molar-refractivity contribution in [2.24, 2.45) is 10.9 Å². The van der Waals surface area contributed by atoms with Gasteiger partial charge in [0.1, 0.15) is 0 Å². The summed E-state index contributed by atoms with van der Waals surface area (Å²) in [6.07, 6.45) is -3.80. The molecule has 6 heteroatoms. The molecule has 0 aliphatic heterocycles. The molecule has 0 bridgehead atoms. The van der Waals surface area contributed by atoms with E-state index in [0.29, 0.717) is 6.42 Å². The SMILES string of the molecule is FC(F)(F)C1CCC(Cl)C(N=C=S)C1. The summed E-state index contributed by atoms with van der Waals surface area (Å²) in [4.78, 5) is 3.66. The molecule has 14 heavy (non-hydrogen) atoms. The van der Waals surface area contributed by atoms with Crippen LogP contribution >= 0.6 is 23.8 Å². The molecule has 0 spiro atoms. The Morgan fingerprint density at radius 1 is 1.36 bits per heavy atom. The van der Waals surface area contributed by atoms with E-state index in [4.69, 9.17) is 11.6 Å². The monoisotopic (exact) mass is 243 g/mol. The van der Waals surface area contributed by atoms with Crippen LogP contribution in [0.3, 0.4) is 0 Å². The molecule has 1 nitrogen and oxygen atoms in total. The van der Waals surface area contributed by atoms with Gasteiger partial charge in [-0.2, -0.15) is 13.2 Å². The first-order valence-electron chi connectivity index (χ1n) is 4.23. The maximum atomic E-state index is 12.4. The van der Waals surface area contributed by atoms with E-state index in [-0.39, 0.29) is 18.2 Å². The van der Waals surface area contributed by atoms with Crippen LogP contribution in [0.2, 0.25) is 0 Å². The third-order valence-electron chi connectivity index (χ3n) is 2.42. The summed E-state index contributed by atoms with van der Waals surface area (Å²) in [5.41, 5.74) is 0. The van der Waals surface area contributed by atoms with Gasteiger partial charge in [0, 0.05) is 0 Å². The number of alkyl halides is 4. The van der Waals surface area contributed by atoms with Gasteiger partial charge >= 0.3 is 6.18 Å². The Morgan fingerprint density at radius 3 is 2.50 bits per heavy atom. The highest BCUT2D eigenvalue weighted by Crippen LogP contribution is 2.39. The van der Waals surface area contributed by atoms with Gasteiger partial charge in [0.25, 0.3) is 0 Å². The zero-order valence-corrected chi connectivity index (χ0v) is 8.79. The van der Waals surface area contributed by atoms with E-state index in [0.717, 1.165) is 0 Å². The number of hydrogen-bond donors (Lipinski definition) is 0. The van der Waals surface area contributed by atoms with Gasteiger partial charge in [0.05, 0.1) is 22.5 Å². The number of aliphatic imine (C=N–C) groups is 1. The molecule has 0 N–H and O–H groups in total. The number of halogens is 4. The molecule has 0 aromatic heterocycles. The molecule has 0 aromatic carbocycles. The lowest BCUT2D eigenvalue weighted by Crippen LogP contribution is -2.35. The van der Waals surface area contributed by atoms with Gasteiger partial charge in [0.15, 0.2) is 0 Å². The first kappa shape index (κ1) is 12.0. The van der Waals surface area contributed by atoms with Gasteiger partial charge < -0.3 is 0 Å². The second kappa shape index (κ2) is 4.60. The van der Waals surface area contributed by atoms with Crippen LogP contribution in [0.1, 0.15) is 19.3 Å². The first-order chi connectivity index (χ1) is 6.45. The van der Waals surface area contributed by atoms with E-state index >= 15 is 0 Å². The Kier molecular flexibility index (Phi) is 3.93. The highest BCUT2D eigenvalue weighted by atomic mass is 35.5. The quantitative estimate of drug-likeness (QED) is 0.391. The third-order valence-corrected chi connectivity index (χ3v) is 3.03. The summed E-state index contributed by atoms with van der Waals surface area (Å²) in [6, 6.07) is -0.533. The minimum Gasteiger partial charge on any atom is -0.228 e. The molecule has 80 valence electrons. The van der Waals surface area contributed by atoms with Gasteiger partial charge in [-0.05, 0) is 31.5 Å². The van der Waals surface area contributed by atoms with E-state index < -0.39 is 18.1 Å². The Labute approximate surface area is 90.3 Å². The van der Waals surface area contributed by atoms with Crippen LogP contribution in [0.5, 0.6) is 0 Å². The van der Waals surface area contributed by atoms with Crippen molar-refractivity contribution in [1.29, 1.82) is 0 Å². The minimum atomic E-state index is -4.15. The van der Waals surface area contributed by atoms with E-state index in [2.05, 4.69) is 22.4 Å².